The van der Waals surface area contributed by atoms with E-state index in [0.717, 1.165) is 22.4 Å². The van der Waals surface area contributed by atoms with E-state index < -0.39 is 6.10 Å². The van der Waals surface area contributed by atoms with Crippen molar-refractivity contribution in [2.45, 2.75) is 33.8 Å². The third-order valence-corrected chi connectivity index (χ3v) is 6.36. The van der Waals surface area contributed by atoms with Gasteiger partial charge in [0.05, 0.1) is 30.9 Å². The second-order valence-corrected chi connectivity index (χ2v) is 8.82. The van der Waals surface area contributed by atoms with Gasteiger partial charge in [-0.15, -0.1) is 0 Å². The first kappa shape index (κ1) is 24.7. The Morgan fingerprint density at radius 1 is 1.23 bits per heavy atom. The molecule has 0 saturated carbocycles. The number of aromatic nitrogens is 1. The molecule has 9 nitrogen and oxygen atoms in total. The molecule has 1 aromatic heterocycles. The van der Waals surface area contributed by atoms with Crippen LogP contribution in [0.4, 0.5) is 5.69 Å². The number of hydrogen-bond acceptors (Lipinski definition) is 5. The molecule has 0 aliphatic carbocycles. The maximum atomic E-state index is 13.1. The molecule has 0 spiro atoms. The van der Waals surface area contributed by atoms with E-state index in [9.17, 15) is 14.4 Å². The van der Waals surface area contributed by atoms with Gasteiger partial charge in [0.1, 0.15) is 0 Å². The highest BCUT2D eigenvalue weighted by atomic mass is 16.5. The molecule has 9 heteroatoms. The number of aryl methyl sites for hydroxylation is 2. The maximum Gasteiger partial charge on any atom is 0.256 e. The van der Waals surface area contributed by atoms with Gasteiger partial charge in [0, 0.05) is 42.3 Å². The zero-order valence-electron chi connectivity index (χ0n) is 20.6. The highest BCUT2D eigenvalue weighted by Gasteiger charge is 2.28. The normalized spacial score (nSPS) is 17.3. The van der Waals surface area contributed by atoms with Crippen molar-refractivity contribution >= 4 is 35.1 Å². The molecule has 35 heavy (non-hydrogen) atoms. The zero-order chi connectivity index (χ0) is 25.1. The standard InChI is InChI=1S/C26H32N4O5/c1-5-35-22(26(33)30-8-10-34-11-9-30)14-27-25(32)23-16(3)21(28-17(23)4)13-19-18-12-15(2)6-7-20(18)29-24(19)31/h6-7,12-13,22,28H,5,8-11,14H2,1-4H3,(H,27,32)(H,29,31)/b19-13-. The molecule has 2 aliphatic rings. The maximum absolute atomic E-state index is 13.1. The summed E-state index contributed by atoms with van der Waals surface area (Å²) in [5.41, 5.74) is 5.82. The molecule has 4 rings (SSSR count). The van der Waals surface area contributed by atoms with Crippen molar-refractivity contribution in [2.75, 3.05) is 44.8 Å². The van der Waals surface area contributed by atoms with Crippen LogP contribution in [0, 0.1) is 20.8 Å². The van der Waals surface area contributed by atoms with Gasteiger partial charge in [-0.25, -0.2) is 0 Å². The number of anilines is 1. The van der Waals surface area contributed by atoms with Crippen molar-refractivity contribution in [3.63, 3.8) is 0 Å². The lowest BCUT2D eigenvalue weighted by molar-refractivity contribution is -0.147. The van der Waals surface area contributed by atoms with Gasteiger partial charge in [0.25, 0.3) is 17.7 Å². The molecular formula is C26H32N4O5. The van der Waals surface area contributed by atoms with Gasteiger partial charge >= 0.3 is 0 Å². The molecule has 2 aromatic rings. The van der Waals surface area contributed by atoms with Gasteiger partial charge in [0.2, 0.25) is 0 Å². The molecule has 0 bridgehead atoms. The first-order chi connectivity index (χ1) is 16.8. The van der Waals surface area contributed by atoms with Crippen molar-refractivity contribution in [1.29, 1.82) is 0 Å². The van der Waals surface area contributed by atoms with Crippen LogP contribution in [0.1, 0.15) is 45.4 Å². The molecule has 2 aliphatic heterocycles. The average Bonchev–Trinajstić information content (AvgIpc) is 3.31. The Bertz CT molecular complexity index is 1180. The second-order valence-electron chi connectivity index (χ2n) is 8.82. The summed E-state index contributed by atoms with van der Waals surface area (Å²) in [7, 11) is 0. The van der Waals surface area contributed by atoms with E-state index in [4.69, 9.17) is 9.47 Å². The number of fused-ring (bicyclic) bond motifs is 1. The number of aromatic amines is 1. The molecule has 1 saturated heterocycles. The topological polar surface area (TPSA) is 113 Å². The number of amides is 3. The Balaban J connectivity index is 1.51. The fourth-order valence-corrected chi connectivity index (χ4v) is 4.53. The quantitative estimate of drug-likeness (QED) is 0.527. The number of morpholine rings is 1. The minimum Gasteiger partial charge on any atom is -0.378 e. The number of nitrogens with one attached hydrogen (secondary N) is 3. The predicted molar refractivity (Wildman–Crippen MR) is 133 cm³/mol. The van der Waals surface area contributed by atoms with Gasteiger partial charge in [-0.1, -0.05) is 11.6 Å². The van der Waals surface area contributed by atoms with E-state index >= 15 is 0 Å². The number of rotatable bonds is 7. The fraction of sp³-hybridized carbons (Fsp3) is 0.423. The molecule has 1 atom stereocenters. The van der Waals surface area contributed by atoms with Crippen LogP contribution >= 0.6 is 0 Å². The molecule has 3 N–H and O–H groups in total. The number of benzene rings is 1. The molecule has 186 valence electrons. The Morgan fingerprint density at radius 3 is 2.69 bits per heavy atom. The summed E-state index contributed by atoms with van der Waals surface area (Å²) in [6.07, 6.45) is 1.02. The number of carbonyl (C=O) groups excluding carboxylic acids is 3. The minimum absolute atomic E-state index is 0.0679. The van der Waals surface area contributed by atoms with E-state index in [-0.39, 0.29) is 24.3 Å². The third-order valence-electron chi connectivity index (χ3n) is 6.36. The number of nitrogens with zero attached hydrogens (tertiary/aromatic N) is 1. The van der Waals surface area contributed by atoms with E-state index in [1.54, 1.807) is 11.0 Å². The molecule has 1 aromatic carbocycles. The van der Waals surface area contributed by atoms with E-state index in [2.05, 4.69) is 15.6 Å². The van der Waals surface area contributed by atoms with Crippen molar-refractivity contribution in [3.05, 3.63) is 51.8 Å². The summed E-state index contributed by atoms with van der Waals surface area (Å²) in [5.74, 6) is -0.624. The molecular weight excluding hydrogens is 448 g/mol. The average molecular weight is 481 g/mol. The summed E-state index contributed by atoms with van der Waals surface area (Å²) in [5, 5.41) is 5.74. The Kier molecular flexibility index (Phi) is 7.37. The van der Waals surface area contributed by atoms with Crippen LogP contribution in [0.2, 0.25) is 0 Å². The summed E-state index contributed by atoms with van der Waals surface area (Å²) in [4.78, 5) is 43.5. The number of hydrogen-bond donors (Lipinski definition) is 3. The van der Waals surface area contributed by atoms with Crippen molar-refractivity contribution in [1.82, 2.24) is 15.2 Å². The lowest BCUT2D eigenvalue weighted by Crippen LogP contribution is -2.50. The van der Waals surface area contributed by atoms with E-state index in [0.29, 0.717) is 55.4 Å². The Hall–Kier alpha value is -3.43. The Morgan fingerprint density at radius 2 is 1.97 bits per heavy atom. The largest absolute Gasteiger partial charge is 0.378 e. The molecule has 3 amide bonds. The third kappa shape index (κ3) is 5.16. The summed E-state index contributed by atoms with van der Waals surface area (Å²) < 4.78 is 11.0. The zero-order valence-corrected chi connectivity index (χ0v) is 20.6. The van der Waals surface area contributed by atoms with Crippen molar-refractivity contribution in [2.24, 2.45) is 0 Å². The Labute approximate surface area is 204 Å². The van der Waals surface area contributed by atoms with Crippen LogP contribution in [0.15, 0.2) is 18.2 Å². The monoisotopic (exact) mass is 480 g/mol. The van der Waals surface area contributed by atoms with Crippen LogP contribution in [0.5, 0.6) is 0 Å². The van der Waals surface area contributed by atoms with Gasteiger partial charge in [0.15, 0.2) is 6.10 Å². The van der Waals surface area contributed by atoms with E-state index in [1.165, 1.54) is 0 Å². The number of ether oxygens (including phenoxy) is 2. The first-order valence-corrected chi connectivity index (χ1v) is 11.9. The van der Waals surface area contributed by atoms with Gasteiger partial charge in [-0.2, -0.15) is 0 Å². The van der Waals surface area contributed by atoms with Crippen LogP contribution in [-0.4, -0.2) is 73.2 Å². The van der Waals surface area contributed by atoms with E-state index in [1.807, 2.05) is 45.9 Å². The smallest absolute Gasteiger partial charge is 0.256 e. The minimum atomic E-state index is -0.759. The molecule has 0 radical (unpaired) electrons. The van der Waals surface area contributed by atoms with Gasteiger partial charge in [-0.3, -0.25) is 14.4 Å². The molecule has 1 unspecified atom stereocenters. The number of H-pyrrole nitrogens is 1. The lowest BCUT2D eigenvalue weighted by atomic mass is 10.0. The fourth-order valence-electron chi connectivity index (χ4n) is 4.53. The molecule has 1 fully saturated rings. The van der Waals surface area contributed by atoms with Gasteiger partial charge in [-0.05, 0) is 51.5 Å². The first-order valence-electron chi connectivity index (χ1n) is 11.9. The van der Waals surface area contributed by atoms with Gasteiger partial charge < -0.3 is 30.0 Å². The van der Waals surface area contributed by atoms with Crippen molar-refractivity contribution < 1.29 is 23.9 Å². The summed E-state index contributed by atoms with van der Waals surface area (Å²) in [6, 6.07) is 5.81. The highest BCUT2D eigenvalue weighted by Crippen LogP contribution is 2.34. The number of carbonyl (C=O) groups is 3. The van der Waals surface area contributed by atoms with Crippen LogP contribution in [0.25, 0.3) is 11.6 Å². The van der Waals surface area contributed by atoms with Crippen LogP contribution in [0.3, 0.4) is 0 Å². The summed E-state index contributed by atoms with van der Waals surface area (Å²) in [6.45, 7) is 9.91. The SMILES string of the molecule is CCOC(CNC(=O)c1c(C)[nH]c(/C=C2\C(=O)Nc3ccc(C)cc32)c1C)C(=O)N1CCOCC1. The highest BCUT2D eigenvalue weighted by molar-refractivity contribution is 6.35. The van der Waals surface area contributed by atoms with Crippen LogP contribution < -0.4 is 10.6 Å². The van der Waals surface area contributed by atoms with Crippen LogP contribution in [-0.2, 0) is 19.1 Å². The van der Waals surface area contributed by atoms with Crippen molar-refractivity contribution in [3.8, 4) is 0 Å². The molecule has 3 heterocycles. The summed E-state index contributed by atoms with van der Waals surface area (Å²) >= 11 is 0. The lowest BCUT2D eigenvalue weighted by Gasteiger charge is -2.30. The second kappa shape index (κ2) is 10.5. The predicted octanol–water partition coefficient (Wildman–Crippen LogP) is 2.43.